The fourth-order valence-electron chi connectivity index (χ4n) is 2.38. The lowest BCUT2D eigenvalue weighted by Gasteiger charge is -2.07. The average Bonchev–Trinajstić information content (AvgIpc) is 2.73. The van der Waals surface area contributed by atoms with Crippen molar-refractivity contribution in [2.24, 2.45) is 0 Å². The van der Waals surface area contributed by atoms with E-state index in [0.29, 0.717) is 30.3 Å². The second kappa shape index (κ2) is 9.21. The summed E-state index contributed by atoms with van der Waals surface area (Å²) in [6.45, 7) is 0.404. The molecule has 1 amide bonds. The molecule has 0 aliphatic carbocycles. The molecule has 0 radical (unpaired) electrons. The minimum Gasteiger partial charge on any atom is -0.404 e. The highest BCUT2D eigenvalue weighted by Gasteiger charge is 2.12. The van der Waals surface area contributed by atoms with Gasteiger partial charge in [0, 0.05) is 38.2 Å². The number of hydrogen-bond acceptors (Lipinski definition) is 8. The van der Waals surface area contributed by atoms with Gasteiger partial charge in [0.25, 0.3) is 0 Å². The first-order valence-corrected chi connectivity index (χ1v) is 8.61. The Morgan fingerprint density at radius 3 is 2.93 bits per heavy atom. The van der Waals surface area contributed by atoms with Crippen molar-refractivity contribution in [3.63, 3.8) is 0 Å². The summed E-state index contributed by atoms with van der Waals surface area (Å²) in [6, 6.07) is 6.82. The van der Waals surface area contributed by atoms with Crippen LogP contribution in [-0.2, 0) is 6.42 Å². The molecule has 0 aliphatic heterocycles. The molecule has 3 aromatic heterocycles. The summed E-state index contributed by atoms with van der Waals surface area (Å²) in [6.07, 6.45) is 5.81. The normalized spacial score (nSPS) is 10.3. The van der Waals surface area contributed by atoms with Gasteiger partial charge in [0.2, 0.25) is 11.7 Å². The first kappa shape index (κ1) is 19.0. The van der Waals surface area contributed by atoms with E-state index < -0.39 is 11.7 Å². The Morgan fingerprint density at radius 1 is 1.25 bits per heavy atom. The van der Waals surface area contributed by atoms with Crippen LogP contribution in [0.15, 0.2) is 47.7 Å². The molecule has 10 heteroatoms. The van der Waals surface area contributed by atoms with Crippen molar-refractivity contribution < 1.29 is 9.53 Å². The Labute approximate surface area is 160 Å². The van der Waals surface area contributed by atoms with Gasteiger partial charge in [0.1, 0.15) is 5.69 Å². The number of carbonyl (C=O) groups is 1. The van der Waals surface area contributed by atoms with E-state index in [9.17, 15) is 9.59 Å². The maximum atomic E-state index is 12.0. The highest BCUT2D eigenvalue weighted by Crippen LogP contribution is 2.17. The Kier molecular flexibility index (Phi) is 6.24. The van der Waals surface area contributed by atoms with Crippen LogP contribution in [0.25, 0.3) is 11.4 Å². The minimum atomic E-state index is -0.715. The molecule has 0 aromatic carbocycles. The zero-order chi connectivity index (χ0) is 19.8. The predicted molar refractivity (Wildman–Crippen MR) is 102 cm³/mol. The van der Waals surface area contributed by atoms with E-state index in [1.165, 1.54) is 6.07 Å². The maximum absolute atomic E-state index is 12.0. The van der Waals surface area contributed by atoms with Crippen LogP contribution in [-0.4, -0.2) is 44.8 Å². The SMILES string of the molecule is CNc1nccc(-c2cc(OC(=O)NCCCc3cccnc3)c(=O)[nH]n2)n1. The number of aromatic nitrogens is 5. The van der Waals surface area contributed by atoms with Crippen LogP contribution in [0.4, 0.5) is 10.7 Å². The van der Waals surface area contributed by atoms with Gasteiger partial charge in [-0.25, -0.2) is 19.9 Å². The maximum Gasteiger partial charge on any atom is 0.412 e. The van der Waals surface area contributed by atoms with Gasteiger partial charge >= 0.3 is 11.7 Å². The second-order valence-corrected chi connectivity index (χ2v) is 5.74. The predicted octanol–water partition coefficient (Wildman–Crippen LogP) is 1.38. The summed E-state index contributed by atoms with van der Waals surface area (Å²) in [5.74, 6) is 0.235. The number of aromatic amines is 1. The zero-order valence-corrected chi connectivity index (χ0v) is 15.2. The zero-order valence-electron chi connectivity index (χ0n) is 15.2. The molecule has 0 atom stereocenters. The second-order valence-electron chi connectivity index (χ2n) is 5.74. The summed E-state index contributed by atoms with van der Waals surface area (Å²) in [5, 5.41) is 11.7. The van der Waals surface area contributed by atoms with E-state index >= 15 is 0 Å². The molecule has 0 aliphatic rings. The highest BCUT2D eigenvalue weighted by molar-refractivity contribution is 5.70. The lowest BCUT2D eigenvalue weighted by atomic mass is 10.2. The number of H-pyrrole nitrogens is 1. The Bertz CT molecular complexity index is 992. The summed E-state index contributed by atoms with van der Waals surface area (Å²) < 4.78 is 5.11. The lowest BCUT2D eigenvalue weighted by Crippen LogP contribution is -2.30. The first-order chi connectivity index (χ1) is 13.7. The van der Waals surface area contributed by atoms with Crippen LogP contribution in [0.3, 0.4) is 0 Å². The summed E-state index contributed by atoms with van der Waals surface area (Å²) >= 11 is 0. The molecule has 3 rings (SSSR count). The van der Waals surface area contributed by atoms with Gasteiger partial charge in [0.15, 0.2) is 0 Å². The molecule has 28 heavy (non-hydrogen) atoms. The Morgan fingerprint density at radius 2 is 2.14 bits per heavy atom. The van der Waals surface area contributed by atoms with E-state index in [1.807, 2.05) is 12.1 Å². The molecule has 3 aromatic rings. The van der Waals surface area contributed by atoms with Crippen LogP contribution in [0.2, 0.25) is 0 Å². The number of amides is 1. The molecule has 0 unspecified atom stereocenters. The van der Waals surface area contributed by atoms with E-state index in [4.69, 9.17) is 4.74 Å². The van der Waals surface area contributed by atoms with Crippen molar-refractivity contribution in [1.29, 1.82) is 0 Å². The summed E-state index contributed by atoms with van der Waals surface area (Å²) in [4.78, 5) is 36.2. The number of carbonyl (C=O) groups excluding carboxylic acids is 1. The van der Waals surface area contributed by atoms with E-state index in [-0.39, 0.29) is 5.75 Å². The average molecular weight is 381 g/mol. The molecule has 0 fully saturated rings. The third-order valence-corrected chi connectivity index (χ3v) is 3.75. The van der Waals surface area contributed by atoms with Gasteiger partial charge in [0.05, 0.1) is 5.69 Å². The topological polar surface area (TPSA) is 135 Å². The first-order valence-electron chi connectivity index (χ1n) is 8.61. The molecule has 144 valence electrons. The van der Waals surface area contributed by atoms with Crippen LogP contribution >= 0.6 is 0 Å². The lowest BCUT2D eigenvalue weighted by molar-refractivity contribution is 0.199. The molecular formula is C18H19N7O3. The summed E-state index contributed by atoms with van der Waals surface area (Å²) in [7, 11) is 1.69. The van der Waals surface area contributed by atoms with Crippen LogP contribution in [0, 0.1) is 0 Å². The fraction of sp³-hybridized carbons (Fsp3) is 0.222. The van der Waals surface area contributed by atoms with Gasteiger partial charge in [-0.3, -0.25) is 9.78 Å². The van der Waals surface area contributed by atoms with Crippen molar-refractivity contribution in [2.75, 3.05) is 18.9 Å². The largest absolute Gasteiger partial charge is 0.412 e. The smallest absolute Gasteiger partial charge is 0.404 e. The van der Waals surface area contributed by atoms with E-state index in [2.05, 4.69) is 35.8 Å². The van der Waals surface area contributed by atoms with Crippen molar-refractivity contribution in [3.05, 3.63) is 58.8 Å². The van der Waals surface area contributed by atoms with Crippen molar-refractivity contribution >= 4 is 12.0 Å². The van der Waals surface area contributed by atoms with Gasteiger partial charge in [-0.05, 0) is 30.5 Å². The standard InChI is InChI=1S/C18H19N7O3/c1-19-17-21-9-6-13(23-17)14-10-15(16(26)25-24-14)28-18(27)22-8-3-5-12-4-2-7-20-11-12/h2,4,6-7,9-11H,3,5,8H2,1H3,(H,22,27)(H,25,26)(H,19,21,23). The highest BCUT2D eigenvalue weighted by atomic mass is 16.6. The number of aryl methyl sites for hydroxylation is 1. The monoisotopic (exact) mass is 381 g/mol. The summed E-state index contributed by atoms with van der Waals surface area (Å²) in [5.41, 5.74) is 1.28. The molecule has 0 saturated heterocycles. The van der Waals surface area contributed by atoms with Crippen LogP contribution in [0.5, 0.6) is 5.75 Å². The van der Waals surface area contributed by atoms with Crippen molar-refractivity contribution in [2.45, 2.75) is 12.8 Å². The number of ether oxygens (including phenoxy) is 1. The molecule has 0 saturated carbocycles. The minimum absolute atomic E-state index is 0.167. The fourth-order valence-corrected chi connectivity index (χ4v) is 2.38. The van der Waals surface area contributed by atoms with Crippen molar-refractivity contribution in [1.82, 2.24) is 30.5 Å². The quantitative estimate of drug-likeness (QED) is 0.523. The number of pyridine rings is 1. The third-order valence-electron chi connectivity index (χ3n) is 3.75. The van der Waals surface area contributed by atoms with Gasteiger partial charge in [-0.2, -0.15) is 5.10 Å². The Balaban J connectivity index is 1.58. The Hall–Kier alpha value is -3.82. The molecule has 3 heterocycles. The number of hydrogen-bond donors (Lipinski definition) is 3. The molecule has 0 bridgehead atoms. The van der Waals surface area contributed by atoms with Crippen molar-refractivity contribution in [3.8, 4) is 17.1 Å². The number of nitrogens with one attached hydrogen (secondary N) is 3. The molecule has 0 spiro atoms. The molecular weight excluding hydrogens is 362 g/mol. The number of nitrogens with zero attached hydrogens (tertiary/aromatic N) is 4. The number of anilines is 1. The van der Waals surface area contributed by atoms with Crippen LogP contribution < -0.4 is 20.9 Å². The number of rotatable bonds is 7. The van der Waals surface area contributed by atoms with E-state index in [0.717, 1.165) is 12.0 Å². The van der Waals surface area contributed by atoms with E-state index in [1.54, 1.807) is 31.7 Å². The van der Waals surface area contributed by atoms with Gasteiger partial charge < -0.3 is 15.4 Å². The van der Waals surface area contributed by atoms with Gasteiger partial charge in [-0.15, -0.1) is 0 Å². The van der Waals surface area contributed by atoms with Crippen LogP contribution in [0.1, 0.15) is 12.0 Å². The molecule has 3 N–H and O–H groups in total. The third kappa shape index (κ3) is 5.10. The molecule has 10 nitrogen and oxygen atoms in total. The van der Waals surface area contributed by atoms with Gasteiger partial charge in [-0.1, -0.05) is 6.07 Å².